The van der Waals surface area contributed by atoms with Crippen molar-refractivity contribution in [3.8, 4) is 0 Å². The Morgan fingerprint density at radius 3 is 2.61 bits per heavy atom. The van der Waals surface area contributed by atoms with Gasteiger partial charge in [-0.05, 0) is 40.8 Å². The van der Waals surface area contributed by atoms with Crippen molar-refractivity contribution in [1.82, 2.24) is 10.3 Å². The molecule has 4 aromatic rings. The van der Waals surface area contributed by atoms with Gasteiger partial charge in [-0.1, -0.05) is 42.5 Å². The molecule has 2 heterocycles. The Kier molecular flexibility index (Phi) is 6.33. The number of aromatic nitrogens is 1. The van der Waals surface area contributed by atoms with Crippen molar-refractivity contribution in [3.63, 3.8) is 0 Å². The maximum Gasteiger partial charge on any atom is 0.310 e. The van der Waals surface area contributed by atoms with Crippen LogP contribution in [0.4, 0.5) is 4.39 Å². The molecule has 0 saturated heterocycles. The first-order chi connectivity index (χ1) is 15.1. The largest absolute Gasteiger partial charge is 0.455 e. The van der Waals surface area contributed by atoms with Crippen LogP contribution in [0.15, 0.2) is 78.3 Å². The molecular formula is C24H19FN2O3S. The summed E-state index contributed by atoms with van der Waals surface area (Å²) in [6, 6.07) is 18.6. The molecule has 1 amide bonds. The van der Waals surface area contributed by atoms with Crippen molar-refractivity contribution >= 4 is 34.1 Å². The van der Waals surface area contributed by atoms with Crippen molar-refractivity contribution in [1.29, 1.82) is 0 Å². The fourth-order valence-corrected chi connectivity index (χ4v) is 4.10. The van der Waals surface area contributed by atoms with Crippen molar-refractivity contribution < 1.29 is 18.7 Å². The maximum atomic E-state index is 13.3. The second-order valence-corrected chi connectivity index (χ2v) is 7.88. The number of nitrogens with one attached hydrogen (secondary N) is 1. The predicted molar refractivity (Wildman–Crippen MR) is 117 cm³/mol. The third-order valence-corrected chi connectivity index (χ3v) is 5.69. The molecule has 0 saturated carbocycles. The molecule has 1 unspecified atom stereocenters. The minimum Gasteiger partial charge on any atom is -0.455 e. The Balaban J connectivity index is 1.39. The quantitative estimate of drug-likeness (QED) is 0.437. The lowest BCUT2D eigenvalue weighted by Crippen LogP contribution is -2.33. The highest BCUT2D eigenvalue weighted by Crippen LogP contribution is 2.26. The molecule has 5 nitrogen and oxygen atoms in total. The first-order valence-electron chi connectivity index (χ1n) is 9.66. The normalized spacial score (nSPS) is 11.8. The van der Waals surface area contributed by atoms with Crippen molar-refractivity contribution in [3.05, 3.63) is 100 Å². The minimum atomic E-state index is -0.511. The highest BCUT2D eigenvalue weighted by atomic mass is 32.1. The molecule has 1 N–H and O–H groups in total. The zero-order valence-corrected chi connectivity index (χ0v) is 17.3. The highest BCUT2D eigenvalue weighted by Gasteiger charge is 2.19. The molecule has 0 aliphatic rings. The van der Waals surface area contributed by atoms with Gasteiger partial charge in [0, 0.05) is 16.5 Å². The number of amides is 1. The number of carbonyl (C=O) groups excluding carboxylic acids is 2. The van der Waals surface area contributed by atoms with Crippen LogP contribution >= 0.6 is 11.3 Å². The Labute approximate surface area is 182 Å². The van der Waals surface area contributed by atoms with Gasteiger partial charge in [-0.3, -0.25) is 14.6 Å². The molecule has 2 aromatic carbocycles. The van der Waals surface area contributed by atoms with Gasteiger partial charge in [-0.2, -0.15) is 0 Å². The van der Waals surface area contributed by atoms with Crippen LogP contribution < -0.4 is 5.32 Å². The number of thiophene rings is 1. The summed E-state index contributed by atoms with van der Waals surface area (Å²) < 4.78 is 18.5. The summed E-state index contributed by atoms with van der Waals surface area (Å²) in [4.78, 5) is 30.0. The first kappa shape index (κ1) is 20.7. The molecule has 0 bridgehead atoms. The van der Waals surface area contributed by atoms with Crippen LogP contribution in [0.3, 0.4) is 0 Å². The van der Waals surface area contributed by atoms with E-state index in [0.29, 0.717) is 0 Å². The SMILES string of the molecule is O=C(COC(=O)Cc1cccc2cccnc12)NC(c1ccc(F)cc1)c1cccs1. The number of hydrogen-bond donors (Lipinski definition) is 1. The number of esters is 1. The lowest BCUT2D eigenvalue weighted by atomic mass is 10.1. The fraction of sp³-hybridized carbons (Fsp3) is 0.125. The number of hydrogen-bond acceptors (Lipinski definition) is 5. The van der Waals surface area contributed by atoms with Crippen LogP contribution in [0.5, 0.6) is 0 Å². The Bertz CT molecular complexity index is 1190. The van der Waals surface area contributed by atoms with Crippen molar-refractivity contribution in [2.24, 2.45) is 0 Å². The van der Waals surface area contributed by atoms with Crippen molar-refractivity contribution in [2.75, 3.05) is 6.61 Å². The second kappa shape index (κ2) is 9.49. The van der Waals surface area contributed by atoms with E-state index in [0.717, 1.165) is 26.9 Å². The zero-order valence-electron chi connectivity index (χ0n) is 16.5. The van der Waals surface area contributed by atoms with Gasteiger partial charge in [0.15, 0.2) is 6.61 Å². The van der Waals surface area contributed by atoms with E-state index in [9.17, 15) is 14.0 Å². The summed E-state index contributed by atoms with van der Waals surface area (Å²) in [6.07, 6.45) is 1.69. The summed E-state index contributed by atoms with van der Waals surface area (Å²) in [7, 11) is 0. The van der Waals surface area contributed by atoms with Gasteiger partial charge in [-0.25, -0.2) is 4.39 Å². The number of carbonyl (C=O) groups is 2. The van der Waals surface area contributed by atoms with Crippen LogP contribution in [-0.4, -0.2) is 23.5 Å². The molecule has 0 aliphatic carbocycles. The van der Waals surface area contributed by atoms with E-state index in [1.54, 1.807) is 18.3 Å². The number of para-hydroxylation sites is 1. The predicted octanol–water partition coefficient (Wildman–Crippen LogP) is 4.43. The average molecular weight is 434 g/mol. The van der Waals surface area contributed by atoms with Gasteiger partial charge in [0.05, 0.1) is 18.0 Å². The van der Waals surface area contributed by atoms with Crippen LogP contribution in [0.1, 0.15) is 22.0 Å². The molecule has 0 aliphatic heterocycles. The molecule has 0 radical (unpaired) electrons. The van der Waals surface area contributed by atoms with Gasteiger partial charge in [0.2, 0.25) is 0 Å². The van der Waals surface area contributed by atoms with E-state index in [2.05, 4.69) is 10.3 Å². The summed E-state index contributed by atoms with van der Waals surface area (Å²) in [5, 5.41) is 5.70. The van der Waals surface area contributed by atoms with Gasteiger partial charge in [0.25, 0.3) is 5.91 Å². The number of rotatable bonds is 7. The monoisotopic (exact) mass is 434 g/mol. The van der Waals surface area contributed by atoms with E-state index in [1.165, 1.54) is 23.5 Å². The van der Waals surface area contributed by atoms with E-state index >= 15 is 0 Å². The second-order valence-electron chi connectivity index (χ2n) is 6.90. The summed E-state index contributed by atoms with van der Waals surface area (Å²) in [5.74, 6) is -1.30. The summed E-state index contributed by atoms with van der Waals surface area (Å²) in [6.45, 7) is -0.403. The van der Waals surface area contributed by atoms with Crippen LogP contribution in [0.25, 0.3) is 10.9 Å². The standard InChI is InChI=1S/C24H19FN2O3S/c25-19-10-8-17(9-11-19)24(20-7-3-13-31-20)27-21(28)15-30-22(29)14-18-5-1-4-16-6-2-12-26-23(16)18/h1-13,24H,14-15H2,(H,27,28). The van der Waals surface area contributed by atoms with E-state index in [1.807, 2.05) is 47.8 Å². The van der Waals surface area contributed by atoms with E-state index in [-0.39, 0.29) is 12.2 Å². The van der Waals surface area contributed by atoms with Crippen LogP contribution in [0.2, 0.25) is 0 Å². The molecule has 4 rings (SSSR count). The molecular weight excluding hydrogens is 415 g/mol. The number of pyridine rings is 1. The molecule has 7 heteroatoms. The van der Waals surface area contributed by atoms with Crippen LogP contribution in [0, 0.1) is 5.82 Å². The number of halogens is 1. The zero-order chi connectivity index (χ0) is 21.6. The lowest BCUT2D eigenvalue weighted by molar-refractivity contribution is -0.148. The van der Waals surface area contributed by atoms with Gasteiger partial charge >= 0.3 is 5.97 Å². The van der Waals surface area contributed by atoms with Crippen LogP contribution in [-0.2, 0) is 20.7 Å². The topological polar surface area (TPSA) is 68.3 Å². The Hall–Kier alpha value is -3.58. The van der Waals surface area contributed by atoms with Gasteiger partial charge < -0.3 is 10.1 Å². The lowest BCUT2D eigenvalue weighted by Gasteiger charge is -2.18. The third kappa shape index (κ3) is 5.13. The summed E-state index contributed by atoms with van der Waals surface area (Å²) >= 11 is 1.48. The minimum absolute atomic E-state index is 0.0218. The van der Waals surface area contributed by atoms with E-state index in [4.69, 9.17) is 4.74 Å². The molecule has 2 aromatic heterocycles. The maximum absolute atomic E-state index is 13.3. The average Bonchev–Trinajstić information content (AvgIpc) is 3.32. The number of nitrogens with zero attached hydrogens (tertiary/aromatic N) is 1. The fourth-order valence-electron chi connectivity index (χ4n) is 3.29. The summed E-state index contributed by atoms with van der Waals surface area (Å²) in [5.41, 5.74) is 2.22. The van der Waals surface area contributed by atoms with E-state index < -0.39 is 24.5 Å². The molecule has 31 heavy (non-hydrogen) atoms. The molecule has 0 fully saturated rings. The number of fused-ring (bicyclic) bond motifs is 1. The molecule has 1 atom stereocenters. The van der Waals surface area contributed by atoms with Gasteiger partial charge in [0.1, 0.15) is 5.82 Å². The van der Waals surface area contributed by atoms with Gasteiger partial charge in [-0.15, -0.1) is 11.3 Å². The van der Waals surface area contributed by atoms with Crippen molar-refractivity contribution in [2.45, 2.75) is 12.5 Å². The first-order valence-corrected chi connectivity index (χ1v) is 10.5. The number of ether oxygens (including phenoxy) is 1. The molecule has 156 valence electrons. The smallest absolute Gasteiger partial charge is 0.310 e. The third-order valence-electron chi connectivity index (χ3n) is 4.75. The Morgan fingerprint density at radius 1 is 1.03 bits per heavy atom. The highest BCUT2D eigenvalue weighted by molar-refractivity contribution is 7.10. The number of benzene rings is 2. The molecule has 0 spiro atoms. The Morgan fingerprint density at radius 2 is 1.84 bits per heavy atom.